The van der Waals surface area contributed by atoms with Crippen molar-refractivity contribution in [1.29, 1.82) is 0 Å². The number of amides is 1. The first-order valence-corrected chi connectivity index (χ1v) is 6.70. The van der Waals surface area contributed by atoms with Gasteiger partial charge in [0.05, 0.1) is 4.90 Å². The molecule has 1 aromatic carbocycles. The number of rotatable bonds is 5. The largest absolute Gasteiger partial charge is 0.448 e. The van der Waals surface area contributed by atoms with E-state index in [1.807, 2.05) is 0 Å². The first-order valence-electron chi connectivity index (χ1n) is 5.21. The molecule has 19 heavy (non-hydrogen) atoms. The summed E-state index contributed by atoms with van der Waals surface area (Å²) >= 11 is 0. The predicted octanol–water partition coefficient (Wildman–Crippen LogP) is 0.0899. The maximum Gasteiger partial charge on any atom is 0.404 e. The molecule has 7 nitrogen and oxygen atoms in total. The molecule has 9 heteroatoms. The Labute approximate surface area is 109 Å². The van der Waals surface area contributed by atoms with Gasteiger partial charge in [-0.3, -0.25) is 0 Å². The summed E-state index contributed by atoms with van der Waals surface area (Å²) in [7, 11) is -3.92. The van der Waals surface area contributed by atoms with E-state index in [1.54, 1.807) is 0 Å². The molecule has 5 N–H and O–H groups in total. The Kier molecular flexibility index (Phi) is 4.67. The Morgan fingerprint density at radius 2 is 2.11 bits per heavy atom. The van der Waals surface area contributed by atoms with Crippen LogP contribution in [0.25, 0.3) is 0 Å². The number of benzene rings is 1. The van der Waals surface area contributed by atoms with Gasteiger partial charge in [-0.05, 0) is 19.1 Å². The average Bonchev–Trinajstić information content (AvgIpc) is 2.31. The lowest BCUT2D eigenvalue weighted by atomic mass is 10.2. The molecule has 1 amide bonds. The van der Waals surface area contributed by atoms with Gasteiger partial charge < -0.3 is 16.2 Å². The average molecular weight is 291 g/mol. The first-order chi connectivity index (χ1) is 8.74. The van der Waals surface area contributed by atoms with E-state index in [2.05, 4.69) is 9.46 Å². The van der Waals surface area contributed by atoms with Crippen molar-refractivity contribution in [3.05, 3.63) is 23.5 Å². The molecular formula is C10H14FN3O4S. The van der Waals surface area contributed by atoms with Crippen LogP contribution in [-0.4, -0.2) is 27.7 Å². The molecule has 0 atom stereocenters. The fourth-order valence-electron chi connectivity index (χ4n) is 1.24. The second-order valence-electron chi connectivity index (χ2n) is 3.68. The van der Waals surface area contributed by atoms with E-state index >= 15 is 0 Å². The lowest BCUT2D eigenvalue weighted by molar-refractivity contribution is 0.159. The van der Waals surface area contributed by atoms with E-state index in [4.69, 9.17) is 11.5 Å². The fourth-order valence-corrected chi connectivity index (χ4v) is 2.30. The summed E-state index contributed by atoms with van der Waals surface area (Å²) in [5.41, 5.74) is 10.4. The van der Waals surface area contributed by atoms with Crippen LogP contribution in [0.5, 0.6) is 0 Å². The zero-order valence-corrected chi connectivity index (χ0v) is 11.0. The summed E-state index contributed by atoms with van der Waals surface area (Å²) in [6.45, 7) is 1.04. The third-order valence-corrected chi connectivity index (χ3v) is 3.75. The number of anilines is 1. The number of halogens is 1. The minimum atomic E-state index is -3.92. The summed E-state index contributed by atoms with van der Waals surface area (Å²) in [5, 5.41) is 0. The Bertz CT molecular complexity index is 565. The molecular weight excluding hydrogens is 277 g/mol. The summed E-state index contributed by atoms with van der Waals surface area (Å²) in [5.74, 6) is -0.714. The highest BCUT2D eigenvalue weighted by Gasteiger charge is 2.17. The molecule has 0 spiro atoms. The van der Waals surface area contributed by atoms with Crippen LogP contribution in [0.15, 0.2) is 17.0 Å². The van der Waals surface area contributed by atoms with Gasteiger partial charge in [-0.2, -0.15) is 0 Å². The van der Waals surface area contributed by atoms with Crippen molar-refractivity contribution in [3.8, 4) is 0 Å². The van der Waals surface area contributed by atoms with Gasteiger partial charge in [-0.1, -0.05) is 0 Å². The Morgan fingerprint density at radius 1 is 1.47 bits per heavy atom. The van der Waals surface area contributed by atoms with Crippen molar-refractivity contribution in [2.24, 2.45) is 5.73 Å². The summed E-state index contributed by atoms with van der Waals surface area (Å²) in [6, 6.07) is 2.01. The number of nitrogens with two attached hydrogens (primary N) is 2. The number of sulfonamides is 1. The molecule has 1 rings (SSSR count). The molecule has 0 aromatic heterocycles. The molecule has 0 aliphatic carbocycles. The highest BCUT2D eigenvalue weighted by atomic mass is 32.2. The number of carbonyl (C=O) groups excluding carboxylic acids is 1. The predicted molar refractivity (Wildman–Crippen MR) is 66.3 cm³/mol. The smallest absolute Gasteiger partial charge is 0.404 e. The summed E-state index contributed by atoms with van der Waals surface area (Å²) in [4.78, 5) is 9.98. The third kappa shape index (κ3) is 4.07. The summed E-state index contributed by atoms with van der Waals surface area (Å²) in [6.07, 6.45) is -1.01. The second kappa shape index (κ2) is 5.85. The number of hydrogen-bond donors (Lipinski definition) is 3. The van der Waals surface area contributed by atoms with Gasteiger partial charge in [-0.25, -0.2) is 22.3 Å². The molecule has 0 unspecified atom stereocenters. The SMILES string of the molecule is Cc1c(N)cc(S(=O)(=O)NCCOC(N)=O)cc1F. The zero-order valence-electron chi connectivity index (χ0n) is 10.1. The van der Waals surface area contributed by atoms with Gasteiger partial charge in [0.2, 0.25) is 10.0 Å². The Balaban J connectivity index is 2.80. The van der Waals surface area contributed by atoms with Crippen molar-refractivity contribution in [2.45, 2.75) is 11.8 Å². The Hall–Kier alpha value is -1.87. The lowest BCUT2D eigenvalue weighted by Crippen LogP contribution is -2.29. The lowest BCUT2D eigenvalue weighted by Gasteiger charge is -2.09. The van der Waals surface area contributed by atoms with Gasteiger partial charge in [0.1, 0.15) is 12.4 Å². The molecule has 1 aromatic rings. The van der Waals surface area contributed by atoms with Crippen LogP contribution in [0.4, 0.5) is 14.9 Å². The van der Waals surface area contributed by atoms with Crippen molar-refractivity contribution in [3.63, 3.8) is 0 Å². The first kappa shape index (κ1) is 15.2. The van der Waals surface area contributed by atoms with E-state index in [0.29, 0.717) is 0 Å². The minimum Gasteiger partial charge on any atom is -0.448 e. The van der Waals surface area contributed by atoms with Crippen LogP contribution in [0.1, 0.15) is 5.56 Å². The van der Waals surface area contributed by atoms with Crippen LogP contribution in [0.2, 0.25) is 0 Å². The van der Waals surface area contributed by atoms with E-state index in [1.165, 1.54) is 6.92 Å². The van der Waals surface area contributed by atoms with Crippen molar-refractivity contribution < 1.29 is 22.3 Å². The van der Waals surface area contributed by atoms with Crippen molar-refractivity contribution >= 4 is 21.8 Å². The number of nitrogen functional groups attached to an aromatic ring is 1. The maximum atomic E-state index is 13.4. The highest BCUT2D eigenvalue weighted by molar-refractivity contribution is 7.89. The van der Waals surface area contributed by atoms with E-state index in [-0.39, 0.29) is 29.3 Å². The molecule has 0 heterocycles. The second-order valence-corrected chi connectivity index (χ2v) is 5.45. The normalized spacial score (nSPS) is 11.3. The van der Waals surface area contributed by atoms with Crippen LogP contribution < -0.4 is 16.2 Å². The van der Waals surface area contributed by atoms with Gasteiger partial charge in [0.25, 0.3) is 0 Å². The number of primary amides is 1. The molecule has 0 saturated heterocycles. The maximum absolute atomic E-state index is 13.4. The minimum absolute atomic E-state index is 0.0359. The number of carbonyl (C=O) groups is 1. The molecule has 0 aliphatic heterocycles. The van der Waals surface area contributed by atoms with Crippen LogP contribution in [-0.2, 0) is 14.8 Å². The monoisotopic (exact) mass is 291 g/mol. The van der Waals surface area contributed by atoms with Gasteiger partial charge in [-0.15, -0.1) is 0 Å². The standard InChI is InChI=1S/C10H14FN3O4S/c1-6-8(11)4-7(5-9(6)12)19(16,17)14-2-3-18-10(13)15/h4-5,14H,2-3,12H2,1H3,(H2,13,15). The van der Waals surface area contributed by atoms with E-state index in [0.717, 1.165) is 12.1 Å². The number of ether oxygens (including phenoxy) is 1. The van der Waals surface area contributed by atoms with Gasteiger partial charge in [0, 0.05) is 17.8 Å². The number of hydrogen-bond acceptors (Lipinski definition) is 5. The fraction of sp³-hybridized carbons (Fsp3) is 0.300. The summed E-state index contributed by atoms with van der Waals surface area (Å²) < 4.78 is 43.5. The van der Waals surface area contributed by atoms with E-state index in [9.17, 15) is 17.6 Å². The molecule has 0 bridgehead atoms. The van der Waals surface area contributed by atoms with Crippen LogP contribution >= 0.6 is 0 Å². The zero-order chi connectivity index (χ0) is 14.6. The topological polar surface area (TPSA) is 125 Å². The van der Waals surface area contributed by atoms with Crippen molar-refractivity contribution in [2.75, 3.05) is 18.9 Å². The van der Waals surface area contributed by atoms with E-state index < -0.39 is 21.9 Å². The Morgan fingerprint density at radius 3 is 2.63 bits per heavy atom. The third-order valence-electron chi connectivity index (χ3n) is 2.31. The highest BCUT2D eigenvalue weighted by Crippen LogP contribution is 2.20. The van der Waals surface area contributed by atoms with Gasteiger partial charge >= 0.3 is 6.09 Å². The molecule has 0 saturated carbocycles. The molecule has 0 aliphatic rings. The quantitative estimate of drug-likeness (QED) is 0.524. The molecule has 0 radical (unpaired) electrons. The van der Waals surface area contributed by atoms with Gasteiger partial charge in [0.15, 0.2) is 0 Å². The molecule has 106 valence electrons. The van der Waals surface area contributed by atoms with Crippen LogP contribution in [0, 0.1) is 12.7 Å². The molecule has 0 fully saturated rings. The van der Waals surface area contributed by atoms with Crippen LogP contribution in [0.3, 0.4) is 0 Å². The number of nitrogens with one attached hydrogen (secondary N) is 1. The van der Waals surface area contributed by atoms with Crippen molar-refractivity contribution in [1.82, 2.24) is 4.72 Å².